The number of aromatic nitrogens is 5. The highest BCUT2D eigenvalue weighted by Crippen LogP contribution is 2.45. The van der Waals surface area contributed by atoms with Crippen LogP contribution in [-0.2, 0) is 0 Å². The number of nitriles is 5. The molecule has 0 spiro atoms. The predicted octanol–water partition coefficient (Wildman–Crippen LogP) is 14.6. The lowest BCUT2D eigenvalue weighted by atomic mass is 9.82. The Labute approximate surface area is 432 Å². The molecule has 0 radical (unpaired) electrons. The molecule has 3 heterocycles. The van der Waals surface area contributed by atoms with Crippen molar-refractivity contribution in [3.05, 3.63) is 221 Å². The first-order valence-corrected chi connectivity index (χ1v) is 24.4. The van der Waals surface area contributed by atoms with Gasteiger partial charge in [0.2, 0.25) is 0 Å². The molecule has 12 rings (SSSR count). The van der Waals surface area contributed by atoms with Crippen LogP contribution in [0.25, 0.3) is 99.8 Å². The maximum Gasteiger partial charge on any atom is 0.167 e. The first-order valence-electron chi connectivity index (χ1n) is 24.4. The van der Waals surface area contributed by atoms with Crippen LogP contribution in [0.1, 0.15) is 52.3 Å². The molecule has 10 heteroatoms. The van der Waals surface area contributed by atoms with Gasteiger partial charge in [-0.3, -0.25) is 0 Å². The van der Waals surface area contributed by atoms with Crippen LogP contribution < -0.4 is 0 Å². The molecule has 0 amide bonds. The Morgan fingerprint density at radius 1 is 0.427 bits per heavy atom. The number of hydrogen-bond donors (Lipinski definition) is 0. The summed E-state index contributed by atoms with van der Waals surface area (Å²) in [5.41, 5.74) is 14.7. The number of fused-ring (bicyclic) bond motifs is 6. The van der Waals surface area contributed by atoms with Crippen molar-refractivity contribution in [1.29, 1.82) is 26.3 Å². The first kappa shape index (κ1) is 45.4. The van der Waals surface area contributed by atoms with E-state index in [1.807, 2.05) is 92.7 Å². The van der Waals surface area contributed by atoms with Crippen LogP contribution in [0.2, 0.25) is 0 Å². The normalized spacial score (nSPS) is 14.0. The van der Waals surface area contributed by atoms with Gasteiger partial charge in [0.1, 0.15) is 11.6 Å². The van der Waals surface area contributed by atoms with Gasteiger partial charge in [-0.2, -0.15) is 26.3 Å². The molecule has 2 atom stereocenters. The summed E-state index contributed by atoms with van der Waals surface area (Å²) in [5, 5.41) is 54.5. The Kier molecular flexibility index (Phi) is 11.0. The molecule has 0 saturated heterocycles. The molecule has 75 heavy (non-hydrogen) atoms. The highest BCUT2D eigenvalue weighted by atomic mass is 15.1. The summed E-state index contributed by atoms with van der Waals surface area (Å²) in [6.45, 7) is 5.87. The molecular weight excluding hydrogens is 921 g/mol. The van der Waals surface area contributed by atoms with Crippen molar-refractivity contribution < 1.29 is 0 Å². The number of aryl methyl sites for hydroxylation is 2. The standard InChI is InChI=1S/C65H40N10/c1-38-13-14-44(36-69)26-53(38)52-18-22-61-57(32-52)56-31-51(48-12-6-9-43(25-48)35-68)17-21-60(56)75(61)63-28-45(37-70)27-62(64(63)65-72-39(2)71-40(3)73-65)74-58-19-15-49(46-10-4-7-41(23-46)33-66)29-54(58)55-30-50(16-20-59(55)74)47-11-5-8-42(24-47)34-67/h4-32,38,53H,1-3H3. The molecule has 8 aromatic carbocycles. The van der Waals surface area contributed by atoms with Crippen molar-refractivity contribution in [2.45, 2.75) is 26.7 Å². The second-order valence-electron chi connectivity index (χ2n) is 19.0. The molecule has 0 saturated carbocycles. The Bertz CT molecular complexity index is 4410. The lowest BCUT2D eigenvalue weighted by Gasteiger charge is -2.22. The molecule has 1 aliphatic carbocycles. The first-order chi connectivity index (χ1) is 36.6. The summed E-state index contributed by atoms with van der Waals surface area (Å²) < 4.78 is 4.39. The summed E-state index contributed by atoms with van der Waals surface area (Å²) in [4.78, 5) is 14.8. The summed E-state index contributed by atoms with van der Waals surface area (Å²) in [5.74, 6) is 1.58. The fourth-order valence-electron chi connectivity index (χ4n) is 10.9. The fraction of sp³-hybridized carbons (Fsp3) is 0.0769. The number of allylic oxidation sites excluding steroid dienone is 4. The number of hydrogen-bond acceptors (Lipinski definition) is 8. The summed E-state index contributed by atoms with van der Waals surface area (Å²) >= 11 is 0. The summed E-state index contributed by atoms with van der Waals surface area (Å²) in [7, 11) is 0. The van der Waals surface area contributed by atoms with E-state index in [1.54, 1.807) is 18.2 Å². The van der Waals surface area contributed by atoms with Crippen molar-refractivity contribution in [2.24, 2.45) is 5.92 Å². The smallest absolute Gasteiger partial charge is 0.167 e. The van der Waals surface area contributed by atoms with Crippen LogP contribution in [0, 0.1) is 76.4 Å². The zero-order chi connectivity index (χ0) is 51.5. The summed E-state index contributed by atoms with van der Waals surface area (Å²) in [6.07, 6.45) is 6.02. The van der Waals surface area contributed by atoms with Gasteiger partial charge in [0.25, 0.3) is 0 Å². The van der Waals surface area contributed by atoms with Gasteiger partial charge < -0.3 is 9.13 Å². The van der Waals surface area contributed by atoms with Crippen molar-refractivity contribution in [1.82, 2.24) is 24.1 Å². The minimum Gasteiger partial charge on any atom is -0.308 e. The fourth-order valence-corrected chi connectivity index (χ4v) is 10.9. The van der Waals surface area contributed by atoms with E-state index in [-0.39, 0.29) is 11.8 Å². The van der Waals surface area contributed by atoms with E-state index < -0.39 is 0 Å². The monoisotopic (exact) mass is 960 g/mol. The highest BCUT2D eigenvalue weighted by Gasteiger charge is 2.27. The Balaban J connectivity index is 1.19. The topological polar surface area (TPSA) is 167 Å². The largest absolute Gasteiger partial charge is 0.308 e. The maximum absolute atomic E-state index is 11.1. The quantitative estimate of drug-likeness (QED) is 0.152. The van der Waals surface area contributed by atoms with Gasteiger partial charge in [0.15, 0.2) is 5.82 Å². The van der Waals surface area contributed by atoms with E-state index in [0.29, 0.717) is 62.2 Å². The van der Waals surface area contributed by atoms with Crippen molar-refractivity contribution in [2.75, 3.05) is 0 Å². The van der Waals surface area contributed by atoms with E-state index in [0.717, 1.165) is 82.6 Å². The molecule has 10 nitrogen and oxygen atoms in total. The van der Waals surface area contributed by atoms with Crippen LogP contribution >= 0.6 is 0 Å². The van der Waals surface area contributed by atoms with Gasteiger partial charge >= 0.3 is 0 Å². The number of nitrogens with zero attached hydrogens (tertiary/aromatic N) is 10. The van der Waals surface area contributed by atoms with Gasteiger partial charge in [-0.05, 0) is 162 Å². The van der Waals surface area contributed by atoms with Crippen LogP contribution in [0.3, 0.4) is 0 Å². The van der Waals surface area contributed by atoms with E-state index in [1.165, 1.54) is 0 Å². The van der Waals surface area contributed by atoms with Crippen LogP contribution in [0.4, 0.5) is 0 Å². The molecule has 0 bridgehead atoms. The zero-order valence-electron chi connectivity index (χ0n) is 40.9. The van der Waals surface area contributed by atoms with Crippen LogP contribution in [-0.4, -0.2) is 24.1 Å². The van der Waals surface area contributed by atoms with E-state index in [4.69, 9.17) is 9.97 Å². The molecular formula is C65H40N10. The zero-order valence-corrected chi connectivity index (χ0v) is 40.9. The van der Waals surface area contributed by atoms with Gasteiger partial charge in [0, 0.05) is 33.0 Å². The van der Waals surface area contributed by atoms with E-state index >= 15 is 0 Å². The van der Waals surface area contributed by atoms with Crippen LogP contribution in [0.5, 0.6) is 0 Å². The third-order valence-corrected chi connectivity index (χ3v) is 14.3. The molecule has 0 N–H and O–H groups in total. The average molecular weight is 961 g/mol. The van der Waals surface area contributed by atoms with Gasteiger partial charge in [-0.25, -0.2) is 15.0 Å². The minimum absolute atomic E-state index is 0.0508. The maximum atomic E-state index is 11.1. The number of rotatable bonds is 7. The minimum atomic E-state index is -0.0508. The third kappa shape index (κ3) is 7.83. The van der Waals surface area contributed by atoms with Gasteiger partial charge in [-0.1, -0.05) is 79.7 Å². The average Bonchev–Trinajstić information content (AvgIpc) is 3.98. The highest BCUT2D eigenvalue weighted by molar-refractivity contribution is 6.14. The molecule has 3 aromatic heterocycles. The van der Waals surface area contributed by atoms with Gasteiger partial charge in [0.05, 0.1) is 91.6 Å². The predicted molar refractivity (Wildman–Crippen MR) is 293 cm³/mol. The van der Waals surface area contributed by atoms with Gasteiger partial charge in [-0.15, -0.1) is 0 Å². The molecule has 11 aromatic rings. The second-order valence-corrected chi connectivity index (χ2v) is 19.0. The molecule has 0 aliphatic heterocycles. The van der Waals surface area contributed by atoms with Crippen molar-refractivity contribution in [3.63, 3.8) is 0 Å². The van der Waals surface area contributed by atoms with E-state index in [2.05, 4.69) is 130 Å². The second kappa shape index (κ2) is 18.2. The number of benzene rings is 8. The lowest BCUT2D eigenvalue weighted by molar-refractivity contribution is 0.633. The molecule has 350 valence electrons. The Morgan fingerprint density at radius 2 is 0.840 bits per heavy atom. The molecule has 0 fully saturated rings. The summed E-state index contributed by atoms with van der Waals surface area (Å²) in [6, 6.07) is 63.7. The Hall–Kier alpha value is -10.7. The molecule has 1 aliphatic rings. The third-order valence-electron chi connectivity index (χ3n) is 14.3. The van der Waals surface area contributed by atoms with Crippen molar-refractivity contribution >= 4 is 43.6 Å². The molecule has 2 unspecified atom stereocenters. The Morgan fingerprint density at radius 3 is 1.27 bits per heavy atom. The van der Waals surface area contributed by atoms with Crippen molar-refractivity contribution in [3.8, 4) is 86.5 Å². The SMILES string of the molecule is Cc1nc(C)nc(-c2c(-n3c4ccc(-c5cccc(C#N)c5)cc4c4cc(-c5cccc(C#N)c5)ccc43)cc(C#N)cc2-n2c3ccc(-c4cccc(C#N)c4)cc3c3cc(C4C=C(C#N)C=CC4C)ccc32)n1. The van der Waals surface area contributed by atoms with Crippen LogP contribution in [0.15, 0.2) is 182 Å². The van der Waals surface area contributed by atoms with E-state index in [9.17, 15) is 26.3 Å². The lowest BCUT2D eigenvalue weighted by Crippen LogP contribution is -2.09.